The molecule has 2 amide bonds. The van der Waals surface area contributed by atoms with Gasteiger partial charge >= 0.3 is 0 Å². The summed E-state index contributed by atoms with van der Waals surface area (Å²) in [5, 5.41) is 4.31. The molecular weight excluding hydrogens is 585 g/mol. The Balaban J connectivity index is 1.30. The van der Waals surface area contributed by atoms with Crippen LogP contribution in [0.3, 0.4) is 0 Å². The van der Waals surface area contributed by atoms with Gasteiger partial charge in [-0.2, -0.15) is 0 Å². The summed E-state index contributed by atoms with van der Waals surface area (Å²) in [4.78, 5) is 31.4. The number of aryl methyl sites for hydroxylation is 1. The van der Waals surface area contributed by atoms with E-state index in [1.165, 1.54) is 4.90 Å². The number of pyridine rings is 1. The molecule has 1 aromatic heterocycles. The average molecular weight is 615 g/mol. The zero-order chi connectivity index (χ0) is 30.5. The second kappa shape index (κ2) is 13.2. The van der Waals surface area contributed by atoms with Gasteiger partial charge < -0.3 is 19.7 Å². The fourth-order valence-corrected chi connectivity index (χ4v) is 5.18. The first kappa shape index (κ1) is 29.9. The van der Waals surface area contributed by atoms with E-state index in [1.54, 1.807) is 68.7 Å². The van der Waals surface area contributed by atoms with E-state index >= 15 is 0 Å². The molecule has 5 rings (SSSR count). The number of hydrogen-bond acceptors (Lipinski definition) is 5. The Hall–Kier alpha value is -4.59. The van der Waals surface area contributed by atoms with Gasteiger partial charge in [0.05, 0.1) is 10.7 Å². The Morgan fingerprint density at radius 1 is 0.860 bits per heavy atom. The van der Waals surface area contributed by atoms with Crippen molar-refractivity contribution in [2.24, 2.45) is 0 Å². The summed E-state index contributed by atoms with van der Waals surface area (Å²) < 4.78 is 12.0. The van der Waals surface area contributed by atoms with Gasteiger partial charge in [-0.15, -0.1) is 0 Å². The number of carbonyl (C=O) groups excluding carboxylic acids is 2. The van der Waals surface area contributed by atoms with Crippen LogP contribution >= 0.6 is 23.2 Å². The van der Waals surface area contributed by atoms with Gasteiger partial charge in [0.25, 0.3) is 11.8 Å². The second-order valence-corrected chi connectivity index (χ2v) is 10.7. The van der Waals surface area contributed by atoms with E-state index in [-0.39, 0.29) is 25.0 Å². The standard InChI is InChI=1S/C34H29Cl2N3O4/c1-21-10-11-23-7-5-9-30(32(23)38-21)43-20-27-28(35)16-17-29(31(27)36)39(3)34(41)25-8-4-6-22(18-25)19-42-26-14-12-24(13-15-26)33(40)37-2/h4-18H,19-20H2,1-3H3,(H,37,40). The molecule has 0 fully saturated rings. The summed E-state index contributed by atoms with van der Waals surface area (Å²) in [7, 11) is 3.25. The van der Waals surface area contributed by atoms with E-state index < -0.39 is 0 Å². The van der Waals surface area contributed by atoms with Crippen LogP contribution in [0.15, 0.2) is 91.0 Å². The smallest absolute Gasteiger partial charge is 0.258 e. The molecule has 43 heavy (non-hydrogen) atoms. The Kier molecular flexibility index (Phi) is 9.14. The highest BCUT2D eigenvalue weighted by Crippen LogP contribution is 2.36. The number of benzene rings is 4. The highest BCUT2D eigenvalue weighted by molar-refractivity contribution is 6.38. The molecular formula is C34H29Cl2N3O4. The minimum atomic E-state index is -0.249. The van der Waals surface area contributed by atoms with E-state index in [1.807, 2.05) is 43.3 Å². The number of hydrogen-bond donors (Lipinski definition) is 1. The molecule has 1 heterocycles. The van der Waals surface area contributed by atoms with E-state index in [4.69, 9.17) is 32.7 Å². The second-order valence-electron chi connectivity index (χ2n) is 9.88. The van der Waals surface area contributed by atoms with Crippen LogP contribution in [0.25, 0.3) is 10.9 Å². The summed E-state index contributed by atoms with van der Waals surface area (Å²) in [6.45, 7) is 2.27. The fourth-order valence-electron chi connectivity index (χ4n) is 4.57. The van der Waals surface area contributed by atoms with Gasteiger partial charge in [-0.25, -0.2) is 4.98 Å². The predicted octanol–water partition coefficient (Wildman–Crippen LogP) is 7.64. The van der Waals surface area contributed by atoms with Gasteiger partial charge in [0.1, 0.15) is 30.2 Å². The third-order valence-corrected chi connectivity index (χ3v) is 7.72. The third-order valence-electron chi connectivity index (χ3n) is 6.95. The number of anilines is 1. The first-order valence-corrected chi connectivity index (χ1v) is 14.3. The van der Waals surface area contributed by atoms with E-state index in [0.717, 1.165) is 22.2 Å². The summed E-state index contributed by atoms with van der Waals surface area (Å²) in [5.41, 5.74) is 4.53. The van der Waals surface area contributed by atoms with Crippen molar-refractivity contribution in [2.75, 3.05) is 19.0 Å². The van der Waals surface area contributed by atoms with Gasteiger partial charge in [-0.05, 0) is 73.2 Å². The number of halogens is 2. The normalized spacial score (nSPS) is 10.8. The molecule has 0 spiro atoms. The Morgan fingerprint density at radius 3 is 2.40 bits per heavy atom. The van der Waals surface area contributed by atoms with Crippen LogP contribution in [0.5, 0.6) is 11.5 Å². The predicted molar refractivity (Wildman–Crippen MR) is 171 cm³/mol. The van der Waals surface area contributed by atoms with Crippen molar-refractivity contribution in [3.05, 3.63) is 129 Å². The van der Waals surface area contributed by atoms with Crippen molar-refractivity contribution >= 4 is 51.6 Å². The van der Waals surface area contributed by atoms with Crippen molar-refractivity contribution in [3.8, 4) is 11.5 Å². The highest BCUT2D eigenvalue weighted by Gasteiger charge is 2.20. The lowest BCUT2D eigenvalue weighted by Gasteiger charge is -2.21. The molecule has 0 aliphatic heterocycles. The molecule has 4 aromatic carbocycles. The topological polar surface area (TPSA) is 80.8 Å². The molecule has 0 saturated heterocycles. The molecule has 7 nitrogen and oxygen atoms in total. The first-order valence-electron chi connectivity index (χ1n) is 13.5. The molecule has 5 aromatic rings. The van der Waals surface area contributed by atoms with Crippen LogP contribution in [0.2, 0.25) is 10.0 Å². The summed E-state index contributed by atoms with van der Waals surface area (Å²) in [6.07, 6.45) is 0. The quantitative estimate of drug-likeness (QED) is 0.185. The van der Waals surface area contributed by atoms with Gasteiger partial charge in [0.2, 0.25) is 0 Å². The zero-order valence-electron chi connectivity index (χ0n) is 23.9. The fraction of sp³-hybridized carbons (Fsp3) is 0.147. The van der Waals surface area contributed by atoms with Crippen molar-refractivity contribution in [3.63, 3.8) is 0 Å². The largest absolute Gasteiger partial charge is 0.489 e. The number of aromatic nitrogens is 1. The van der Waals surface area contributed by atoms with Crippen molar-refractivity contribution in [1.29, 1.82) is 0 Å². The van der Waals surface area contributed by atoms with Crippen molar-refractivity contribution in [2.45, 2.75) is 20.1 Å². The SMILES string of the molecule is CNC(=O)c1ccc(OCc2cccc(C(=O)N(C)c3ccc(Cl)c(COc4cccc5ccc(C)nc45)c3Cl)c2)cc1. The number of nitrogens with zero attached hydrogens (tertiary/aromatic N) is 2. The van der Waals surface area contributed by atoms with Gasteiger partial charge in [0, 0.05) is 46.9 Å². The average Bonchev–Trinajstić information content (AvgIpc) is 3.03. The number of carbonyl (C=O) groups is 2. The lowest BCUT2D eigenvalue weighted by molar-refractivity contribution is 0.0961. The van der Waals surface area contributed by atoms with Gasteiger partial charge in [-0.1, -0.05) is 53.5 Å². The lowest BCUT2D eigenvalue weighted by atomic mass is 10.1. The maximum absolute atomic E-state index is 13.5. The minimum Gasteiger partial charge on any atom is -0.489 e. The Morgan fingerprint density at radius 2 is 1.63 bits per heavy atom. The van der Waals surface area contributed by atoms with Gasteiger partial charge in [0.15, 0.2) is 0 Å². The third kappa shape index (κ3) is 6.74. The molecule has 0 aliphatic carbocycles. The molecule has 0 unspecified atom stereocenters. The Labute approximate surface area is 260 Å². The van der Waals surface area contributed by atoms with Crippen LogP contribution in [-0.4, -0.2) is 30.9 Å². The summed E-state index contributed by atoms with van der Waals surface area (Å²) >= 11 is 13.4. The number of fused-ring (bicyclic) bond motifs is 1. The highest BCUT2D eigenvalue weighted by atomic mass is 35.5. The molecule has 0 aliphatic rings. The van der Waals surface area contributed by atoms with Crippen LogP contribution < -0.4 is 19.7 Å². The molecule has 218 valence electrons. The molecule has 9 heteroatoms. The summed E-state index contributed by atoms with van der Waals surface area (Å²) in [6, 6.07) is 27.1. The van der Waals surface area contributed by atoms with E-state index in [9.17, 15) is 9.59 Å². The molecule has 0 bridgehead atoms. The maximum Gasteiger partial charge on any atom is 0.258 e. The van der Waals surface area contributed by atoms with E-state index in [2.05, 4.69) is 10.3 Å². The van der Waals surface area contributed by atoms with E-state index in [0.29, 0.717) is 43.9 Å². The van der Waals surface area contributed by atoms with Crippen molar-refractivity contribution < 1.29 is 19.1 Å². The number of amides is 2. The molecule has 0 atom stereocenters. The maximum atomic E-state index is 13.5. The molecule has 0 radical (unpaired) electrons. The number of para-hydroxylation sites is 1. The zero-order valence-corrected chi connectivity index (χ0v) is 25.4. The number of ether oxygens (including phenoxy) is 2. The first-order chi connectivity index (χ1) is 20.7. The summed E-state index contributed by atoms with van der Waals surface area (Å²) in [5.74, 6) is 0.810. The van der Waals surface area contributed by atoms with Crippen LogP contribution in [0.4, 0.5) is 5.69 Å². The number of rotatable bonds is 9. The van der Waals surface area contributed by atoms with Crippen LogP contribution in [0.1, 0.15) is 37.5 Å². The van der Waals surface area contributed by atoms with Crippen molar-refractivity contribution in [1.82, 2.24) is 10.3 Å². The number of nitrogens with one attached hydrogen (secondary N) is 1. The monoisotopic (exact) mass is 613 g/mol. The van der Waals surface area contributed by atoms with Crippen LogP contribution in [0, 0.1) is 6.92 Å². The van der Waals surface area contributed by atoms with Gasteiger partial charge in [-0.3, -0.25) is 9.59 Å². The molecule has 0 saturated carbocycles. The van der Waals surface area contributed by atoms with Crippen LogP contribution in [-0.2, 0) is 13.2 Å². The Bertz CT molecular complexity index is 1810. The molecule has 1 N–H and O–H groups in total. The lowest BCUT2D eigenvalue weighted by Crippen LogP contribution is -2.27. The minimum absolute atomic E-state index is 0.0964.